The molecule has 0 unspecified atom stereocenters. The third kappa shape index (κ3) is 6.18. The maximum absolute atomic E-state index is 14.9. The second kappa shape index (κ2) is 11.6. The molecule has 0 aliphatic carbocycles. The number of likely N-dealkylation sites (N-methyl/N-ethyl adjacent to an activating group) is 1. The summed E-state index contributed by atoms with van der Waals surface area (Å²) < 4.78 is 22.1. The number of hydrogen-bond acceptors (Lipinski definition) is 5. The number of halogens is 3. The zero-order chi connectivity index (χ0) is 25.8. The number of amides is 1. The van der Waals surface area contributed by atoms with E-state index in [0.717, 1.165) is 39.1 Å². The quantitative estimate of drug-likeness (QED) is 0.403. The molecular weight excluding hydrogens is 504 g/mol. The number of nitrogens with zero attached hydrogens (tertiary/aromatic N) is 4. The van der Waals surface area contributed by atoms with E-state index in [9.17, 15) is 9.18 Å². The second-order valence-electron chi connectivity index (χ2n) is 9.01. The van der Waals surface area contributed by atoms with Crippen LogP contribution < -0.4 is 10.1 Å². The largest absolute Gasteiger partial charge is 0.494 e. The van der Waals surface area contributed by atoms with Gasteiger partial charge in [-0.1, -0.05) is 23.2 Å². The van der Waals surface area contributed by atoms with Crippen molar-refractivity contribution in [3.05, 3.63) is 69.2 Å². The molecule has 1 aromatic heterocycles. The maximum Gasteiger partial charge on any atom is 0.255 e. The van der Waals surface area contributed by atoms with Crippen LogP contribution in [0.15, 0.2) is 36.4 Å². The van der Waals surface area contributed by atoms with Crippen molar-refractivity contribution >= 4 is 34.8 Å². The lowest BCUT2D eigenvalue weighted by atomic mass is 10.2. The van der Waals surface area contributed by atoms with Gasteiger partial charge in [0, 0.05) is 44.0 Å². The van der Waals surface area contributed by atoms with Gasteiger partial charge in [-0.3, -0.25) is 4.79 Å². The highest BCUT2D eigenvalue weighted by molar-refractivity contribution is 6.33. The number of aromatic nitrogens is 2. The molecular formula is C26H30Cl2FN5O2. The van der Waals surface area contributed by atoms with Gasteiger partial charge < -0.3 is 19.9 Å². The van der Waals surface area contributed by atoms with E-state index < -0.39 is 5.82 Å². The van der Waals surface area contributed by atoms with E-state index in [1.54, 1.807) is 38.1 Å². The Labute approximate surface area is 220 Å². The SMILES string of the molecule is Cc1nn(-c2c(F)cc(NC(=O)c3ccc(OCCCN4CCN(C)CC4)cc3)cc2Cl)c(C)c1Cl. The summed E-state index contributed by atoms with van der Waals surface area (Å²) in [5.74, 6) is -0.304. The van der Waals surface area contributed by atoms with Gasteiger partial charge in [-0.05, 0) is 63.7 Å². The van der Waals surface area contributed by atoms with Crippen molar-refractivity contribution in [2.24, 2.45) is 0 Å². The molecule has 4 rings (SSSR count). The monoisotopic (exact) mass is 533 g/mol. The third-order valence-electron chi connectivity index (χ3n) is 6.29. The van der Waals surface area contributed by atoms with Crippen LogP contribution in [0.4, 0.5) is 10.1 Å². The summed E-state index contributed by atoms with van der Waals surface area (Å²) in [4.78, 5) is 17.5. The molecule has 1 fully saturated rings. The van der Waals surface area contributed by atoms with Crippen molar-refractivity contribution in [1.29, 1.82) is 0 Å². The molecule has 0 radical (unpaired) electrons. The molecule has 2 aromatic carbocycles. The van der Waals surface area contributed by atoms with Crippen LogP contribution in [0.2, 0.25) is 10.0 Å². The molecule has 0 saturated carbocycles. The number of anilines is 1. The minimum atomic E-state index is -0.625. The highest BCUT2D eigenvalue weighted by Gasteiger charge is 2.19. The number of piperazine rings is 1. The molecule has 1 N–H and O–H groups in total. The molecule has 7 nitrogen and oxygen atoms in total. The van der Waals surface area contributed by atoms with E-state index in [4.69, 9.17) is 27.9 Å². The van der Waals surface area contributed by atoms with Gasteiger partial charge in [-0.2, -0.15) is 5.10 Å². The van der Waals surface area contributed by atoms with Gasteiger partial charge in [0.1, 0.15) is 11.4 Å². The van der Waals surface area contributed by atoms with Crippen LogP contribution in [-0.4, -0.2) is 71.9 Å². The molecule has 0 bridgehead atoms. The van der Waals surface area contributed by atoms with E-state index >= 15 is 0 Å². The van der Waals surface area contributed by atoms with Gasteiger partial charge in [0.15, 0.2) is 5.82 Å². The number of benzene rings is 2. The minimum absolute atomic E-state index is 0.0799. The van der Waals surface area contributed by atoms with Gasteiger partial charge in [0.2, 0.25) is 0 Å². The van der Waals surface area contributed by atoms with E-state index in [-0.39, 0.29) is 22.3 Å². The Morgan fingerprint density at radius 2 is 1.81 bits per heavy atom. The minimum Gasteiger partial charge on any atom is -0.494 e. The normalized spacial score (nSPS) is 14.7. The molecule has 1 aliphatic heterocycles. The number of nitrogens with one attached hydrogen (secondary N) is 1. The van der Waals surface area contributed by atoms with Crippen molar-refractivity contribution in [3.63, 3.8) is 0 Å². The van der Waals surface area contributed by atoms with Crippen molar-refractivity contribution in [1.82, 2.24) is 19.6 Å². The summed E-state index contributed by atoms with van der Waals surface area (Å²) in [6.45, 7) is 9.48. The Bertz CT molecular complexity index is 1200. The van der Waals surface area contributed by atoms with E-state index in [2.05, 4.69) is 27.3 Å². The Kier molecular flexibility index (Phi) is 8.51. The van der Waals surface area contributed by atoms with Crippen LogP contribution >= 0.6 is 23.2 Å². The molecule has 192 valence electrons. The molecule has 1 aliphatic rings. The molecule has 0 spiro atoms. The van der Waals surface area contributed by atoms with E-state index in [1.807, 2.05) is 0 Å². The van der Waals surface area contributed by atoms with Crippen LogP contribution in [0.5, 0.6) is 5.75 Å². The highest BCUT2D eigenvalue weighted by atomic mass is 35.5. The van der Waals surface area contributed by atoms with E-state index in [1.165, 1.54) is 16.8 Å². The lowest BCUT2D eigenvalue weighted by Gasteiger charge is -2.32. The summed E-state index contributed by atoms with van der Waals surface area (Å²) in [7, 11) is 2.15. The summed E-state index contributed by atoms with van der Waals surface area (Å²) in [5, 5.41) is 7.50. The predicted octanol–water partition coefficient (Wildman–Crippen LogP) is 5.20. The fraction of sp³-hybridized carbons (Fsp3) is 0.385. The number of ether oxygens (including phenoxy) is 1. The number of rotatable bonds is 8. The van der Waals surface area contributed by atoms with Gasteiger partial charge in [0.05, 0.1) is 28.0 Å². The molecule has 3 aromatic rings. The summed E-state index contributed by atoms with van der Waals surface area (Å²) in [5.41, 5.74) is 1.89. The first-order valence-corrected chi connectivity index (χ1v) is 12.6. The number of carbonyl (C=O) groups excluding carboxylic acids is 1. The van der Waals surface area contributed by atoms with Crippen molar-refractivity contribution in [3.8, 4) is 11.4 Å². The van der Waals surface area contributed by atoms with Gasteiger partial charge in [0.25, 0.3) is 5.91 Å². The number of aryl methyl sites for hydroxylation is 1. The first-order chi connectivity index (χ1) is 17.2. The van der Waals surface area contributed by atoms with Crippen molar-refractivity contribution in [2.45, 2.75) is 20.3 Å². The molecule has 1 saturated heterocycles. The van der Waals surface area contributed by atoms with Crippen LogP contribution in [0, 0.1) is 19.7 Å². The molecule has 0 atom stereocenters. The average Bonchev–Trinajstić information content (AvgIpc) is 3.10. The zero-order valence-electron chi connectivity index (χ0n) is 20.7. The molecule has 36 heavy (non-hydrogen) atoms. The van der Waals surface area contributed by atoms with E-state index in [0.29, 0.717) is 34.3 Å². The molecule has 1 amide bonds. The number of hydrogen-bond donors (Lipinski definition) is 1. The fourth-order valence-electron chi connectivity index (χ4n) is 4.14. The lowest BCUT2D eigenvalue weighted by molar-refractivity contribution is 0.102. The fourth-order valence-corrected chi connectivity index (χ4v) is 4.54. The topological polar surface area (TPSA) is 62.6 Å². The number of carbonyl (C=O) groups is 1. The van der Waals surface area contributed by atoms with Crippen molar-refractivity contribution in [2.75, 3.05) is 51.7 Å². The van der Waals surface area contributed by atoms with Gasteiger partial charge in [-0.15, -0.1) is 0 Å². The Morgan fingerprint density at radius 3 is 2.42 bits per heavy atom. The highest BCUT2D eigenvalue weighted by Crippen LogP contribution is 2.31. The lowest BCUT2D eigenvalue weighted by Crippen LogP contribution is -2.44. The zero-order valence-corrected chi connectivity index (χ0v) is 22.2. The standard InChI is InChI=1S/C26H30Cl2FN5O2/c1-17-24(28)18(2)34(31-17)25-22(27)15-20(16-23(25)29)30-26(35)19-5-7-21(8-6-19)36-14-4-9-33-12-10-32(3)11-13-33/h5-8,15-16H,4,9-14H2,1-3H3,(H,30,35). The van der Waals surface area contributed by atoms with Crippen LogP contribution in [0.25, 0.3) is 5.69 Å². The third-order valence-corrected chi connectivity index (χ3v) is 7.12. The van der Waals surface area contributed by atoms with Gasteiger partial charge >= 0.3 is 0 Å². The van der Waals surface area contributed by atoms with Gasteiger partial charge in [-0.25, -0.2) is 9.07 Å². The smallest absolute Gasteiger partial charge is 0.255 e. The van der Waals surface area contributed by atoms with Crippen LogP contribution in [0.3, 0.4) is 0 Å². The molecule has 2 heterocycles. The van der Waals surface area contributed by atoms with Crippen molar-refractivity contribution < 1.29 is 13.9 Å². The summed E-state index contributed by atoms with van der Waals surface area (Å²) in [6, 6.07) is 9.56. The van der Waals surface area contributed by atoms with Crippen LogP contribution in [-0.2, 0) is 0 Å². The van der Waals surface area contributed by atoms with Crippen LogP contribution in [0.1, 0.15) is 28.2 Å². The Morgan fingerprint density at radius 1 is 1.11 bits per heavy atom. The maximum atomic E-state index is 14.9. The average molecular weight is 534 g/mol. The summed E-state index contributed by atoms with van der Waals surface area (Å²) >= 11 is 12.5. The molecule has 10 heteroatoms. The first-order valence-electron chi connectivity index (χ1n) is 11.9. The first kappa shape index (κ1) is 26.4. The summed E-state index contributed by atoms with van der Waals surface area (Å²) in [6.07, 6.45) is 0.943. The second-order valence-corrected chi connectivity index (χ2v) is 9.80. The Hall–Kier alpha value is -2.65. The Balaban J connectivity index is 1.32. The predicted molar refractivity (Wildman–Crippen MR) is 141 cm³/mol.